The summed E-state index contributed by atoms with van der Waals surface area (Å²) in [6.07, 6.45) is 4.59. The number of carbonyl (C=O) groups excluding carboxylic acids is 1. The number of benzene rings is 1. The quantitative estimate of drug-likeness (QED) is 0.788. The van der Waals surface area contributed by atoms with E-state index in [-0.39, 0.29) is 18.6 Å². The van der Waals surface area contributed by atoms with Gasteiger partial charge in [0.05, 0.1) is 0 Å². The number of halogens is 1. The van der Waals surface area contributed by atoms with Gasteiger partial charge < -0.3 is 10.4 Å². The molecule has 0 spiro atoms. The highest BCUT2D eigenvalue weighted by Crippen LogP contribution is 2.17. The standard InChI is InChI=1S/C15H20ClNO2/c1-3-13(8-9-18)17-15(19)7-6-12-5-4-11(2)14(16)10-12/h4-7,10,13,18H,3,8-9H2,1-2H3,(H,17,19)/b7-6+. The van der Waals surface area contributed by atoms with Crippen molar-refractivity contribution >= 4 is 23.6 Å². The molecule has 0 fully saturated rings. The number of aliphatic hydroxyl groups excluding tert-OH is 1. The Morgan fingerprint density at radius 2 is 2.26 bits per heavy atom. The van der Waals surface area contributed by atoms with E-state index in [0.29, 0.717) is 11.4 Å². The topological polar surface area (TPSA) is 49.3 Å². The number of aliphatic hydroxyl groups is 1. The first kappa shape index (κ1) is 15.7. The third-order valence-electron chi connectivity index (χ3n) is 2.94. The lowest BCUT2D eigenvalue weighted by atomic mass is 10.1. The fourth-order valence-corrected chi connectivity index (χ4v) is 1.86. The lowest BCUT2D eigenvalue weighted by molar-refractivity contribution is -0.117. The average Bonchev–Trinajstić information content (AvgIpc) is 2.39. The number of amides is 1. The third kappa shape index (κ3) is 5.45. The molecular formula is C15H20ClNO2. The predicted molar refractivity (Wildman–Crippen MR) is 79.1 cm³/mol. The van der Waals surface area contributed by atoms with E-state index in [1.165, 1.54) is 6.08 Å². The molecule has 1 unspecified atom stereocenters. The fourth-order valence-electron chi connectivity index (χ4n) is 1.67. The Labute approximate surface area is 119 Å². The molecule has 0 saturated carbocycles. The molecule has 0 bridgehead atoms. The van der Waals surface area contributed by atoms with Gasteiger partial charge in [-0.05, 0) is 43.0 Å². The van der Waals surface area contributed by atoms with Crippen LogP contribution in [0.15, 0.2) is 24.3 Å². The van der Waals surface area contributed by atoms with E-state index >= 15 is 0 Å². The monoisotopic (exact) mass is 281 g/mol. The third-order valence-corrected chi connectivity index (χ3v) is 3.35. The molecule has 1 rings (SSSR count). The van der Waals surface area contributed by atoms with Crippen molar-refractivity contribution in [1.82, 2.24) is 5.32 Å². The van der Waals surface area contributed by atoms with Crippen LogP contribution in [0, 0.1) is 6.92 Å². The van der Waals surface area contributed by atoms with E-state index in [1.807, 2.05) is 32.0 Å². The number of hydrogen-bond acceptors (Lipinski definition) is 2. The van der Waals surface area contributed by atoms with Gasteiger partial charge in [-0.3, -0.25) is 4.79 Å². The molecule has 3 nitrogen and oxygen atoms in total. The smallest absolute Gasteiger partial charge is 0.244 e. The summed E-state index contributed by atoms with van der Waals surface area (Å²) in [5.41, 5.74) is 1.90. The van der Waals surface area contributed by atoms with Gasteiger partial charge in [-0.15, -0.1) is 0 Å². The van der Waals surface area contributed by atoms with Gasteiger partial charge in [0, 0.05) is 23.7 Å². The summed E-state index contributed by atoms with van der Waals surface area (Å²) in [5, 5.41) is 12.4. The van der Waals surface area contributed by atoms with Crippen LogP contribution < -0.4 is 5.32 Å². The Balaban J connectivity index is 2.60. The Kier molecular flexibility index (Phi) is 6.60. The largest absolute Gasteiger partial charge is 0.396 e. The fraction of sp³-hybridized carbons (Fsp3) is 0.400. The van der Waals surface area contributed by atoms with Gasteiger partial charge in [0.25, 0.3) is 0 Å². The highest BCUT2D eigenvalue weighted by Gasteiger charge is 2.07. The number of rotatable bonds is 6. The van der Waals surface area contributed by atoms with Crippen LogP contribution in [-0.4, -0.2) is 23.7 Å². The molecule has 1 aromatic carbocycles. The van der Waals surface area contributed by atoms with E-state index in [1.54, 1.807) is 6.08 Å². The second kappa shape index (κ2) is 7.97. The van der Waals surface area contributed by atoms with Gasteiger partial charge in [0.1, 0.15) is 0 Å². The summed E-state index contributed by atoms with van der Waals surface area (Å²) in [6, 6.07) is 5.67. The van der Waals surface area contributed by atoms with Gasteiger partial charge >= 0.3 is 0 Å². The molecule has 0 saturated heterocycles. The molecule has 1 aromatic rings. The maximum Gasteiger partial charge on any atom is 0.244 e. The van der Waals surface area contributed by atoms with Crippen molar-refractivity contribution < 1.29 is 9.90 Å². The summed E-state index contributed by atoms with van der Waals surface area (Å²) in [4.78, 5) is 11.7. The molecular weight excluding hydrogens is 262 g/mol. The van der Waals surface area contributed by atoms with Crippen LogP contribution in [0.4, 0.5) is 0 Å². The first-order chi connectivity index (χ1) is 9.06. The highest BCUT2D eigenvalue weighted by molar-refractivity contribution is 6.31. The van der Waals surface area contributed by atoms with Gasteiger partial charge in [0.15, 0.2) is 0 Å². The maximum absolute atomic E-state index is 11.7. The zero-order chi connectivity index (χ0) is 14.3. The van der Waals surface area contributed by atoms with Gasteiger partial charge in [-0.1, -0.05) is 30.7 Å². The van der Waals surface area contributed by atoms with Crippen LogP contribution in [0.2, 0.25) is 5.02 Å². The molecule has 0 aliphatic carbocycles. The number of nitrogens with one attached hydrogen (secondary N) is 1. The molecule has 19 heavy (non-hydrogen) atoms. The number of hydrogen-bond donors (Lipinski definition) is 2. The highest BCUT2D eigenvalue weighted by atomic mass is 35.5. The Bertz CT molecular complexity index is 457. The van der Waals surface area contributed by atoms with Gasteiger partial charge in [0.2, 0.25) is 5.91 Å². The second-order valence-electron chi connectivity index (χ2n) is 4.47. The lowest BCUT2D eigenvalue weighted by Gasteiger charge is -2.13. The average molecular weight is 282 g/mol. The number of aryl methyl sites for hydroxylation is 1. The van der Waals surface area contributed by atoms with Crippen LogP contribution >= 0.6 is 11.6 Å². The summed E-state index contributed by atoms with van der Waals surface area (Å²) >= 11 is 6.01. The second-order valence-corrected chi connectivity index (χ2v) is 4.88. The van der Waals surface area contributed by atoms with E-state index in [4.69, 9.17) is 16.7 Å². The number of carbonyl (C=O) groups is 1. The molecule has 0 aliphatic rings. The molecule has 1 amide bonds. The van der Waals surface area contributed by atoms with Crippen LogP contribution in [-0.2, 0) is 4.79 Å². The molecule has 2 N–H and O–H groups in total. The Morgan fingerprint density at radius 1 is 1.53 bits per heavy atom. The van der Waals surface area contributed by atoms with Crippen molar-refractivity contribution in [2.24, 2.45) is 0 Å². The summed E-state index contributed by atoms with van der Waals surface area (Å²) in [6.45, 7) is 3.99. The van der Waals surface area contributed by atoms with Crippen molar-refractivity contribution in [2.75, 3.05) is 6.61 Å². The van der Waals surface area contributed by atoms with E-state index in [0.717, 1.165) is 17.5 Å². The molecule has 104 valence electrons. The first-order valence-corrected chi connectivity index (χ1v) is 6.80. The SMILES string of the molecule is CCC(CCO)NC(=O)/C=C/c1ccc(C)c(Cl)c1. The van der Waals surface area contributed by atoms with Gasteiger partial charge in [-0.25, -0.2) is 0 Å². The lowest BCUT2D eigenvalue weighted by Crippen LogP contribution is -2.33. The Morgan fingerprint density at radius 3 is 2.84 bits per heavy atom. The van der Waals surface area contributed by atoms with Crippen molar-refractivity contribution in [3.63, 3.8) is 0 Å². The van der Waals surface area contributed by atoms with Gasteiger partial charge in [-0.2, -0.15) is 0 Å². The van der Waals surface area contributed by atoms with Crippen molar-refractivity contribution in [1.29, 1.82) is 0 Å². The summed E-state index contributed by atoms with van der Waals surface area (Å²) in [5.74, 6) is -0.156. The molecule has 0 aliphatic heterocycles. The van der Waals surface area contributed by atoms with E-state index < -0.39 is 0 Å². The van der Waals surface area contributed by atoms with Crippen molar-refractivity contribution in [3.8, 4) is 0 Å². The molecule has 1 atom stereocenters. The maximum atomic E-state index is 11.7. The van der Waals surface area contributed by atoms with Crippen molar-refractivity contribution in [2.45, 2.75) is 32.7 Å². The molecule has 0 aromatic heterocycles. The van der Waals surface area contributed by atoms with Crippen LogP contribution in [0.3, 0.4) is 0 Å². The van der Waals surface area contributed by atoms with Crippen LogP contribution in [0.1, 0.15) is 30.9 Å². The van der Waals surface area contributed by atoms with E-state index in [9.17, 15) is 4.79 Å². The Hall–Kier alpha value is -1.32. The van der Waals surface area contributed by atoms with Crippen LogP contribution in [0.5, 0.6) is 0 Å². The van der Waals surface area contributed by atoms with Crippen LogP contribution in [0.25, 0.3) is 6.08 Å². The molecule has 0 radical (unpaired) electrons. The molecule has 4 heteroatoms. The molecule has 0 heterocycles. The minimum atomic E-state index is -0.156. The predicted octanol–water partition coefficient (Wildman–Crippen LogP) is 2.94. The van der Waals surface area contributed by atoms with Crippen molar-refractivity contribution in [3.05, 3.63) is 40.4 Å². The first-order valence-electron chi connectivity index (χ1n) is 6.42. The minimum absolute atomic E-state index is 0.0174. The zero-order valence-corrected chi connectivity index (χ0v) is 12.1. The summed E-state index contributed by atoms with van der Waals surface area (Å²) in [7, 11) is 0. The zero-order valence-electron chi connectivity index (χ0n) is 11.3. The summed E-state index contributed by atoms with van der Waals surface area (Å²) < 4.78 is 0. The minimum Gasteiger partial charge on any atom is -0.396 e. The van der Waals surface area contributed by atoms with E-state index in [2.05, 4.69) is 5.32 Å². The normalized spacial score (nSPS) is 12.6.